The SMILES string of the molecule is CCn1c(-c2cccnc2[C@H](C)OC)c2c3cc(ccc31)-c1cc(O)cc(c1)C[C@H](NC(=O)[C@H](C(C)C)N(C)C(=O)[C@H]1C[C@H]1O)C(=O)N1CCC[C@H](N1)C(=O)OCC(C)(C)C2. The summed E-state index contributed by atoms with van der Waals surface area (Å²) in [5.74, 6) is -2.69. The summed E-state index contributed by atoms with van der Waals surface area (Å²) < 4.78 is 14.2. The van der Waals surface area contributed by atoms with Crippen molar-refractivity contribution in [1.29, 1.82) is 0 Å². The molecule has 0 spiro atoms. The van der Waals surface area contributed by atoms with E-state index in [1.54, 1.807) is 32.5 Å². The summed E-state index contributed by atoms with van der Waals surface area (Å²) in [5, 5.41) is 26.6. The number of aliphatic hydroxyl groups is 1. The van der Waals surface area contributed by atoms with Gasteiger partial charge in [0, 0.05) is 61.7 Å². The molecule has 14 heteroatoms. The van der Waals surface area contributed by atoms with Gasteiger partial charge in [-0.2, -0.15) is 0 Å². The molecule has 2 aromatic heterocycles. The first-order valence-electron chi connectivity index (χ1n) is 21.5. The van der Waals surface area contributed by atoms with Crippen molar-refractivity contribution in [2.45, 2.75) is 111 Å². The number of pyridine rings is 1. The molecule has 4 aromatic rings. The lowest BCUT2D eigenvalue weighted by molar-refractivity contribution is -0.155. The number of amides is 3. The zero-order chi connectivity index (χ0) is 43.9. The summed E-state index contributed by atoms with van der Waals surface area (Å²) in [6, 6.07) is 12.6. The van der Waals surface area contributed by atoms with Gasteiger partial charge in [-0.05, 0) is 104 Å². The Labute approximate surface area is 357 Å². The minimum absolute atomic E-state index is 0.00257. The molecule has 2 aliphatic heterocycles. The quantitative estimate of drug-likeness (QED) is 0.162. The van der Waals surface area contributed by atoms with E-state index in [0.29, 0.717) is 37.8 Å². The minimum atomic E-state index is -1.14. The van der Waals surface area contributed by atoms with Gasteiger partial charge in [0.2, 0.25) is 11.8 Å². The molecular formula is C47H60N6O8. The van der Waals surface area contributed by atoms with Crippen molar-refractivity contribution in [2.24, 2.45) is 17.3 Å². The van der Waals surface area contributed by atoms with Gasteiger partial charge < -0.3 is 34.5 Å². The van der Waals surface area contributed by atoms with Crippen LogP contribution in [0.15, 0.2) is 54.7 Å². The molecule has 61 heavy (non-hydrogen) atoms. The topological polar surface area (TPSA) is 176 Å². The number of nitrogens with zero attached hydrogens (tertiary/aromatic N) is 4. The molecule has 0 unspecified atom stereocenters. The van der Waals surface area contributed by atoms with Crippen LogP contribution in [0.3, 0.4) is 0 Å². The van der Waals surface area contributed by atoms with Crippen molar-refractivity contribution in [1.82, 2.24) is 30.2 Å². The average molecular weight is 837 g/mol. The van der Waals surface area contributed by atoms with Gasteiger partial charge in [-0.3, -0.25) is 29.2 Å². The molecule has 7 rings (SSSR count). The van der Waals surface area contributed by atoms with Crippen LogP contribution in [0, 0.1) is 17.3 Å². The third-order valence-electron chi connectivity index (χ3n) is 12.4. The number of aromatic nitrogens is 2. The molecule has 4 heterocycles. The zero-order valence-electron chi connectivity index (χ0n) is 36.5. The van der Waals surface area contributed by atoms with Crippen molar-refractivity contribution in [2.75, 3.05) is 27.3 Å². The number of carbonyl (C=O) groups excluding carboxylic acids is 4. The Kier molecular flexibility index (Phi) is 12.6. The first-order valence-corrected chi connectivity index (χ1v) is 21.5. The largest absolute Gasteiger partial charge is 0.508 e. The molecule has 1 aliphatic carbocycles. The fourth-order valence-electron chi connectivity index (χ4n) is 9.10. The van der Waals surface area contributed by atoms with E-state index in [-0.39, 0.29) is 43.3 Å². The van der Waals surface area contributed by atoms with Gasteiger partial charge in [0.25, 0.3) is 5.91 Å². The van der Waals surface area contributed by atoms with E-state index in [9.17, 15) is 29.4 Å². The Morgan fingerprint density at radius 1 is 1.11 bits per heavy atom. The van der Waals surface area contributed by atoms with Gasteiger partial charge in [0.05, 0.1) is 36.1 Å². The van der Waals surface area contributed by atoms with E-state index in [0.717, 1.165) is 44.5 Å². The van der Waals surface area contributed by atoms with Crippen LogP contribution in [0.2, 0.25) is 0 Å². The number of aryl methyl sites for hydroxylation is 1. The highest BCUT2D eigenvalue weighted by molar-refractivity contribution is 5.96. The number of cyclic esters (lactones) is 1. The van der Waals surface area contributed by atoms with E-state index in [4.69, 9.17) is 14.5 Å². The number of hydrogen-bond acceptors (Lipinski definition) is 10. The Morgan fingerprint density at radius 3 is 2.56 bits per heavy atom. The molecule has 6 atom stereocenters. The van der Waals surface area contributed by atoms with E-state index < -0.39 is 53.3 Å². The number of ether oxygens (including phenoxy) is 2. The highest BCUT2D eigenvalue weighted by Gasteiger charge is 2.46. The summed E-state index contributed by atoms with van der Waals surface area (Å²) in [4.78, 5) is 62.0. The highest BCUT2D eigenvalue weighted by Crippen LogP contribution is 2.42. The number of phenols is 1. The van der Waals surface area contributed by atoms with E-state index in [1.165, 1.54) is 9.91 Å². The number of nitrogens with one attached hydrogen (secondary N) is 2. The molecule has 1 saturated carbocycles. The molecule has 2 fully saturated rings. The van der Waals surface area contributed by atoms with Crippen LogP contribution in [0.1, 0.15) is 83.7 Å². The summed E-state index contributed by atoms with van der Waals surface area (Å²) in [6.45, 7) is 13.0. The van der Waals surface area contributed by atoms with Crippen LogP contribution >= 0.6 is 0 Å². The average Bonchev–Trinajstić information content (AvgIpc) is 3.90. The normalized spacial score (nSPS) is 22.6. The van der Waals surface area contributed by atoms with Crippen LogP contribution in [-0.2, 0) is 48.0 Å². The molecule has 4 N–H and O–H groups in total. The predicted octanol–water partition coefficient (Wildman–Crippen LogP) is 5.32. The van der Waals surface area contributed by atoms with Crippen LogP contribution in [0.5, 0.6) is 5.75 Å². The molecule has 3 amide bonds. The van der Waals surface area contributed by atoms with Crippen molar-refractivity contribution in [3.63, 3.8) is 0 Å². The number of fused-ring (bicyclic) bond motifs is 6. The maximum atomic E-state index is 14.5. The lowest BCUT2D eigenvalue weighted by Crippen LogP contribution is -2.62. The summed E-state index contributed by atoms with van der Waals surface area (Å²) in [5.41, 5.74) is 9.56. The van der Waals surface area contributed by atoms with Gasteiger partial charge >= 0.3 is 5.97 Å². The summed E-state index contributed by atoms with van der Waals surface area (Å²) >= 11 is 0. The van der Waals surface area contributed by atoms with Gasteiger partial charge in [0.1, 0.15) is 23.9 Å². The highest BCUT2D eigenvalue weighted by atomic mass is 16.5. The van der Waals surface area contributed by atoms with Crippen molar-refractivity contribution < 1.29 is 38.9 Å². The molecule has 6 bridgehead atoms. The summed E-state index contributed by atoms with van der Waals surface area (Å²) in [6.07, 6.45) is 2.62. The van der Waals surface area contributed by atoms with Crippen molar-refractivity contribution in [3.05, 3.63) is 71.5 Å². The second-order valence-corrected chi connectivity index (χ2v) is 18.1. The number of likely N-dealkylation sites (N-methyl/N-ethyl adjacent to an activating group) is 1. The van der Waals surface area contributed by atoms with Gasteiger partial charge in [0.15, 0.2) is 0 Å². The van der Waals surface area contributed by atoms with Crippen LogP contribution in [-0.4, -0.2) is 105 Å². The van der Waals surface area contributed by atoms with Crippen molar-refractivity contribution in [3.8, 4) is 28.1 Å². The number of carbonyl (C=O) groups is 4. The zero-order valence-corrected chi connectivity index (χ0v) is 36.5. The standard InChI is InChI=1S/C47H60N6O8/c1-9-52-38-15-14-29-22-33(38)35(42(52)32-12-10-16-48-40(32)27(4)60-8)24-47(5,6)25-61-46(59)36-13-11-17-53(50-36)45(58)37(20-28-18-30(29)21-31(54)19-28)49-43(56)41(26(2)3)51(7)44(57)34-23-39(34)55/h10,12,14-16,18-19,21-22,26-27,34,36-37,39,41,50,54-55H,9,11,13,17,20,23-25H2,1-8H3,(H,49,56)/t27-,34-,36-,37-,39+,41-/m0/s1. The number of methoxy groups -OCH3 is 1. The maximum absolute atomic E-state index is 14.5. The van der Waals surface area contributed by atoms with E-state index in [2.05, 4.69) is 54.3 Å². The molecule has 14 nitrogen and oxygen atoms in total. The number of benzene rings is 2. The van der Waals surface area contributed by atoms with E-state index >= 15 is 0 Å². The number of rotatable bonds is 9. The first-order chi connectivity index (χ1) is 29.0. The third-order valence-corrected chi connectivity index (χ3v) is 12.4. The monoisotopic (exact) mass is 836 g/mol. The summed E-state index contributed by atoms with van der Waals surface area (Å²) in [7, 11) is 3.22. The molecule has 2 aromatic carbocycles. The van der Waals surface area contributed by atoms with Gasteiger partial charge in [-0.1, -0.05) is 39.8 Å². The Bertz CT molecular complexity index is 2320. The predicted molar refractivity (Wildman–Crippen MR) is 231 cm³/mol. The smallest absolute Gasteiger partial charge is 0.324 e. The first kappa shape index (κ1) is 43.8. The Balaban J connectivity index is 1.35. The number of esters is 1. The fraction of sp³-hybridized carbons (Fsp3) is 0.511. The second-order valence-electron chi connectivity index (χ2n) is 18.1. The number of aliphatic hydroxyl groups excluding tert-OH is 1. The molecular weight excluding hydrogens is 777 g/mol. The van der Waals surface area contributed by atoms with Gasteiger partial charge in [-0.25, -0.2) is 5.43 Å². The molecule has 326 valence electrons. The number of hydrogen-bond donors (Lipinski definition) is 4. The number of phenolic OH excluding ortho intramolecular Hbond substituents is 1. The lowest BCUT2D eigenvalue weighted by atomic mass is 9.84. The van der Waals surface area contributed by atoms with Crippen molar-refractivity contribution >= 4 is 34.6 Å². The Hall–Kier alpha value is -5.31. The van der Waals surface area contributed by atoms with Crippen LogP contribution in [0.4, 0.5) is 0 Å². The Morgan fingerprint density at radius 2 is 1.87 bits per heavy atom. The maximum Gasteiger partial charge on any atom is 0.324 e. The van der Waals surface area contributed by atoms with Crippen LogP contribution in [0.25, 0.3) is 33.3 Å². The van der Waals surface area contributed by atoms with Gasteiger partial charge in [-0.15, -0.1) is 0 Å². The number of hydrazine groups is 1. The van der Waals surface area contributed by atoms with E-state index in [1.807, 2.05) is 39.0 Å². The fourth-order valence-corrected chi connectivity index (χ4v) is 9.10. The molecule has 1 saturated heterocycles. The molecule has 0 radical (unpaired) electrons. The lowest BCUT2D eigenvalue weighted by Gasteiger charge is -2.36. The third kappa shape index (κ3) is 9.03. The minimum Gasteiger partial charge on any atom is -0.508 e. The second kappa shape index (κ2) is 17.6. The van der Waals surface area contributed by atoms with Crippen LogP contribution < -0.4 is 10.7 Å². The molecule has 3 aliphatic rings. The number of aromatic hydroxyl groups is 1.